The van der Waals surface area contributed by atoms with Crippen molar-refractivity contribution in [3.05, 3.63) is 76.2 Å². The first-order valence-corrected chi connectivity index (χ1v) is 10.3. The van der Waals surface area contributed by atoms with E-state index in [-0.39, 0.29) is 23.2 Å². The molecule has 156 valence electrons. The van der Waals surface area contributed by atoms with E-state index in [0.29, 0.717) is 10.8 Å². The van der Waals surface area contributed by atoms with Gasteiger partial charge >= 0.3 is 0 Å². The molecule has 0 saturated carbocycles. The molecule has 0 aliphatic carbocycles. The third kappa shape index (κ3) is 4.27. The van der Waals surface area contributed by atoms with E-state index in [1.165, 1.54) is 4.68 Å². The molecule has 1 fully saturated rings. The van der Waals surface area contributed by atoms with Gasteiger partial charge in [0.1, 0.15) is 0 Å². The van der Waals surface area contributed by atoms with E-state index in [4.69, 9.17) is 0 Å². The molecule has 1 aliphatic rings. The van der Waals surface area contributed by atoms with Crippen LogP contribution in [0.25, 0.3) is 10.8 Å². The quantitative estimate of drug-likeness (QED) is 0.699. The monoisotopic (exact) mass is 405 g/mol. The van der Waals surface area contributed by atoms with Gasteiger partial charge in [-0.2, -0.15) is 5.10 Å². The van der Waals surface area contributed by atoms with Gasteiger partial charge in [0.15, 0.2) is 5.69 Å². The fourth-order valence-corrected chi connectivity index (χ4v) is 3.90. The number of nitrogens with one attached hydrogen (secondary N) is 1. The molecule has 7 nitrogen and oxygen atoms in total. The highest BCUT2D eigenvalue weighted by molar-refractivity contribution is 6.04. The van der Waals surface area contributed by atoms with Crippen molar-refractivity contribution in [2.45, 2.75) is 6.04 Å². The van der Waals surface area contributed by atoms with E-state index in [0.717, 1.165) is 38.3 Å². The van der Waals surface area contributed by atoms with Gasteiger partial charge in [0.2, 0.25) is 0 Å². The van der Waals surface area contributed by atoms with Gasteiger partial charge in [-0.25, -0.2) is 4.68 Å². The second-order valence-electron chi connectivity index (χ2n) is 7.86. The summed E-state index contributed by atoms with van der Waals surface area (Å²) in [6.45, 7) is 4.70. The normalized spacial score (nSPS) is 16.5. The Morgan fingerprint density at radius 3 is 2.30 bits per heavy atom. The van der Waals surface area contributed by atoms with Gasteiger partial charge in [0.05, 0.1) is 11.4 Å². The summed E-state index contributed by atoms with van der Waals surface area (Å²) in [6.07, 6.45) is 0. The molecular formula is C23H27N5O2. The molecule has 0 spiro atoms. The minimum atomic E-state index is -0.273. The van der Waals surface area contributed by atoms with Crippen molar-refractivity contribution in [3.63, 3.8) is 0 Å². The number of nitrogens with zero attached hydrogens (tertiary/aromatic N) is 4. The number of hydrogen-bond acceptors (Lipinski definition) is 5. The number of benzene rings is 2. The fraction of sp³-hybridized carbons (Fsp3) is 0.348. The summed E-state index contributed by atoms with van der Waals surface area (Å²) < 4.78 is 1.23. The number of piperazine rings is 1. The zero-order chi connectivity index (χ0) is 21.1. The van der Waals surface area contributed by atoms with Crippen molar-refractivity contribution >= 4 is 16.7 Å². The highest BCUT2D eigenvalue weighted by Gasteiger charge is 2.23. The van der Waals surface area contributed by atoms with Crippen LogP contribution in [0.2, 0.25) is 0 Å². The summed E-state index contributed by atoms with van der Waals surface area (Å²) in [7, 11) is 3.70. The van der Waals surface area contributed by atoms with Crippen molar-refractivity contribution in [2.75, 3.05) is 39.8 Å². The van der Waals surface area contributed by atoms with Gasteiger partial charge < -0.3 is 10.2 Å². The number of carbonyl (C=O) groups excluding carboxylic acids is 1. The Morgan fingerprint density at radius 1 is 0.967 bits per heavy atom. The highest BCUT2D eigenvalue weighted by Crippen LogP contribution is 2.18. The zero-order valence-electron chi connectivity index (χ0n) is 17.4. The van der Waals surface area contributed by atoms with Crippen LogP contribution in [-0.2, 0) is 7.05 Å². The SMILES string of the molecule is CN1CCN(CC(NC(=O)c2nn(C)c(=O)c3ccccc23)c2ccccc2)CC1. The highest BCUT2D eigenvalue weighted by atomic mass is 16.2. The third-order valence-corrected chi connectivity index (χ3v) is 5.72. The van der Waals surface area contributed by atoms with E-state index in [9.17, 15) is 9.59 Å². The van der Waals surface area contributed by atoms with E-state index >= 15 is 0 Å². The Hall–Kier alpha value is -3.03. The lowest BCUT2D eigenvalue weighted by Gasteiger charge is -2.35. The van der Waals surface area contributed by atoms with E-state index in [1.807, 2.05) is 36.4 Å². The predicted molar refractivity (Wildman–Crippen MR) is 118 cm³/mol. The van der Waals surface area contributed by atoms with E-state index < -0.39 is 0 Å². The number of hydrogen-bond donors (Lipinski definition) is 1. The first-order valence-electron chi connectivity index (χ1n) is 10.3. The van der Waals surface area contributed by atoms with Crippen LogP contribution in [0.5, 0.6) is 0 Å². The predicted octanol–water partition coefficient (Wildman–Crippen LogP) is 1.65. The van der Waals surface area contributed by atoms with Crippen LogP contribution in [0.3, 0.4) is 0 Å². The van der Waals surface area contributed by atoms with Crippen LogP contribution in [0.4, 0.5) is 0 Å². The van der Waals surface area contributed by atoms with E-state index in [1.54, 1.807) is 25.2 Å². The van der Waals surface area contributed by atoms with E-state index in [2.05, 4.69) is 27.3 Å². The standard InChI is InChI=1S/C23H27N5O2/c1-26-12-14-28(15-13-26)16-20(17-8-4-3-5-9-17)24-22(29)21-18-10-6-7-11-19(18)23(30)27(2)25-21/h3-11,20H,12-16H2,1-2H3,(H,24,29). The molecule has 1 unspecified atom stereocenters. The second kappa shape index (κ2) is 8.77. The molecule has 2 heterocycles. The Bertz CT molecular complexity index is 1090. The zero-order valence-corrected chi connectivity index (χ0v) is 17.4. The number of likely N-dealkylation sites (N-methyl/N-ethyl adjacent to an activating group) is 1. The maximum atomic E-state index is 13.3. The molecular weight excluding hydrogens is 378 g/mol. The Labute approximate surface area is 175 Å². The smallest absolute Gasteiger partial charge is 0.274 e. The number of fused-ring (bicyclic) bond motifs is 1. The van der Waals surface area contributed by atoms with Gasteiger partial charge in [-0.05, 0) is 18.7 Å². The number of aryl methyl sites for hydroxylation is 1. The number of aromatic nitrogens is 2. The molecule has 4 rings (SSSR count). The molecule has 3 aromatic rings. The molecule has 2 aromatic carbocycles. The minimum Gasteiger partial charge on any atom is -0.343 e. The van der Waals surface area contributed by atoms with Crippen LogP contribution in [0, 0.1) is 0 Å². The van der Waals surface area contributed by atoms with Crippen molar-refractivity contribution in [1.82, 2.24) is 24.9 Å². The maximum absolute atomic E-state index is 13.3. The van der Waals surface area contributed by atoms with Gasteiger partial charge in [-0.1, -0.05) is 48.5 Å². The van der Waals surface area contributed by atoms with Gasteiger partial charge in [0, 0.05) is 45.2 Å². The van der Waals surface area contributed by atoms with Crippen molar-refractivity contribution in [2.24, 2.45) is 7.05 Å². The largest absolute Gasteiger partial charge is 0.343 e. The maximum Gasteiger partial charge on any atom is 0.274 e. The van der Waals surface area contributed by atoms with Crippen LogP contribution < -0.4 is 10.9 Å². The minimum absolute atomic E-state index is 0.167. The number of rotatable bonds is 5. The molecule has 1 N–H and O–H groups in total. The Balaban J connectivity index is 1.63. The molecule has 0 bridgehead atoms. The summed E-state index contributed by atoms with van der Waals surface area (Å²) in [5.41, 5.74) is 1.12. The average molecular weight is 406 g/mol. The first-order chi connectivity index (χ1) is 14.5. The van der Waals surface area contributed by atoms with Crippen LogP contribution in [0.15, 0.2) is 59.4 Å². The first kappa shape index (κ1) is 20.3. The van der Waals surface area contributed by atoms with Gasteiger partial charge in [0.25, 0.3) is 11.5 Å². The lowest BCUT2D eigenvalue weighted by Crippen LogP contribution is -2.48. The summed E-state index contributed by atoms with van der Waals surface area (Å²) in [4.78, 5) is 30.4. The molecule has 1 aliphatic heterocycles. The summed E-state index contributed by atoms with van der Waals surface area (Å²) >= 11 is 0. The molecule has 7 heteroatoms. The van der Waals surface area contributed by atoms with Crippen molar-refractivity contribution in [3.8, 4) is 0 Å². The number of amides is 1. The Morgan fingerprint density at radius 2 is 1.60 bits per heavy atom. The third-order valence-electron chi connectivity index (χ3n) is 5.72. The molecule has 1 atom stereocenters. The van der Waals surface area contributed by atoms with Crippen LogP contribution >= 0.6 is 0 Å². The number of carbonyl (C=O) groups is 1. The molecule has 30 heavy (non-hydrogen) atoms. The lowest BCUT2D eigenvalue weighted by atomic mass is 10.0. The fourth-order valence-electron chi connectivity index (χ4n) is 3.90. The van der Waals surface area contributed by atoms with Crippen molar-refractivity contribution in [1.29, 1.82) is 0 Å². The average Bonchev–Trinajstić information content (AvgIpc) is 2.78. The topological polar surface area (TPSA) is 70.5 Å². The molecule has 1 saturated heterocycles. The molecule has 0 radical (unpaired) electrons. The van der Waals surface area contributed by atoms with Crippen LogP contribution in [0.1, 0.15) is 22.1 Å². The lowest BCUT2D eigenvalue weighted by molar-refractivity contribution is 0.0902. The van der Waals surface area contributed by atoms with Crippen LogP contribution in [-0.4, -0.2) is 65.3 Å². The summed E-state index contributed by atoms with van der Waals surface area (Å²) in [5.74, 6) is -0.273. The molecule has 1 aromatic heterocycles. The second-order valence-corrected chi connectivity index (χ2v) is 7.86. The Kier molecular flexibility index (Phi) is 5.92. The van der Waals surface area contributed by atoms with Gasteiger partial charge in [-0.3, -0.25) is 14.5 Å². The molecule has 1 amide bonds. The van der Waals surface area contributed by atoms with Gasteiger partial charge in [-0.15, -0.1) is 0 Å². The van der Waals surface area contributed by atoms with Crippen molar-refractivity contribution < 1.29 is 4.79 Å². The summed E-state index contributed by atoms with van der Waals surface area (Å²) in [5, 5.41) is 8.52. The summed E-state index contributed by atoms with van der Waals surface area (Å²) in [6, 6.07) is 17.0.